The minimum absolute atomic E-state index is 0.0432. The van der Waals surface area contributed by atoms with Gasteiger partial charge in [-0.3, -0.25) is 4.79 Å². The number of likely N-dealkylation sites (tertiary alicyclic amines) is 1. The zero-order chi connectivity index (χ0) is 17.2. The fourth-order valence-electron chi connectivity index (χ4n) is 3.73. The lowest BCUT2D eigenvalue weighted by atomic mass is 9.96. The molecule has 2 aromatic heterocycles. The molecular formula is C19H27N5O. The first-order valence-corrected chi connectivity index (χ1v) is 9.45. The number of aryl methyl sites for hydroxylation is 1. The van der Waals surface area contributed by atoms with Crippen molar-refractivity contribution >= 4 is 0 Å². The Morgan fingerprint density at radius 2 is 1.96 bits per heavy atom. The van der Waals surface area contributed by atoms with Gasteiger partial charge in [0.1, 0.15) is 5.82 Å². The summed E-state index contributed by atoms with van der Waals surface area (Å²) in [6.45, 7) is 4.04. The van der Waals surface area contributed by atoms with Crippen LogP contribution in [0.25, 0.3) is 0 Å². The fraction of sp³-hybridized carbons (Fsp3) is 0.632. The number of imidazole rings is 1. The van der Waals surface area contributed by atoms with Crippen molar-refractivity contribution in [1.29, 1.82) is 0 Å². The molecule has 4 rings (SSSR count). The summed E-state index contributed by atoms with van der Waals surface area (Å²) < 4.78 is 3.81. The van der Waals surface area contributed by atoms with Gasteiger partial charge in [0.05, 0.1) is 5.69 Å². The topological polar surface area (TPSA) is 56.0 Å². The summed E-state index contributed by atoms with van der Waals surface area (Å²) in [5.74, 6) is 2.30. The molecule has 25 heavy (non-hydrogen) atoms. The van der Waals surface area contributed by atoms with Crippen molar-refractivity contribution in [3.63, 3.8) is 0 Å². The van der Waals surface area contributed by atoms with Gasteiger partial charge in [0.25, 0.3) is 5.56 Å². The molecule has 6 nitrogen and oxygen atoms in total. The fourth-order valence-corrected chi connectivity index (χ4v) is 3.73. The lowest BCUT2D eigenvalue weighted by Crippen LogP contribution is -2.38. The van der Waals surface area contributed by atoms with Gasteiger partial charge in [-0.25, -0.2) is 9.67 Å². The maximum absolute atomic E-state index is 12.1. The molecule has 0 amide bonds. The second-order valence-corrected chi connectivity index (χ2v) is 7.54. The molecule has 0 bridgehead atoms. The largest absolute Gasteiger partial charge is 0.338 e. The van der Waals surface area contributed by atoms with Gasteiger partial charge in [0.2, 0.25) is 0 Å². The van der Waals surface area contributed by atoms with E-state index in [1.807, 2.05) is 18.5 Å². The smallest absolute Gasteiger partial charge is 0.266 e. The molecule has 134 valence electrons. The van der Waals surface area contributed by atoms with E-state index < -0.39 is 0 Å². The van der Waals surface area contributed by atoms with Gasteiger partial charge in [-0.2, -0.15) is 5.10 Å². The van der Waals surface area contributed by atoms with Crippen LogP contribution in [0, 0.1) is 5.92 Å². The van der Waals surface area contributed by atoms with Gasteiger partial charge in [0, 0.05) is 50.9 Å². The predicted octanol–water partition coefficient (Wildman–Crippen LogP) is 1.81. The van der Waals surface area contributed by atoms with Gasteiger partial charge >= 0.3 is 0 Å². The molecule has 0 unspecified atom stereocenters. The highest BCUT2D eigenvalue weighted by Gasteiger charge is 2.26. The Bertz CT molecular complexity index is 768. The molecule has 0 radical (unpaired) electrons. The third-order valence-corrected chi connectivity index (χ3v) is 5.59. The van der Waals surface area contributed by atoms with Crippen molar-refractivity contribution in [2.24, 2.45) is 13.0 Å². The first-order chi connectivity index (χ1) is 12.2. The quantitative estimate of drug-likeness (QED) is 0.804. The van der Waals surface area contributed by atoms with Crippen LogP contribution in [-0.4, -0.2) is 43.9 Å². The summed E-state index contributed by atoms with van der Waals surface area (Å²) in [6.07, 6.45) is 9.59. The highest BCUT2D eigenvalue weighted by atomic mass is 16.1. The summed E-state index contributed by atoms with van der Waals surface area (Å²) in [5.41, 5.74) is 1.15. The highest BCUT2D eigenvalue weighted by molar-refractivity contribution is 5.12. The lowest BCUT2D eigenvalue weighted by molar-refractivity contribution is 0.170. The van der Waals surface area contributed by atoms with Crippen LogP contribution in [0.5, 0.6) is 0 Å². The van der Waals surface area contributed by atoms with Crippen LogP contribution in [0.3, 0.4) is 0 Å². The van der Waals surface area contributed by atoms with Crippen LogP contribution in [0.2, 0.25) is 0 Å². The molecular weight excluding hydrogens is 314 g/mol. The van der Waals surface area contributed by atoms with Crippen LogP contribution < -0.4 is 5.56 Å². The standard InChI is InChI=1S/C19H27N5O/c1-22-13-9-20-18(22)8-12-23-10-6-15(7-11-23)14-24-19(25)5-4-17(21-24)16-2-3-16/h4-5,9,13,15-16H,2-3,6-8,10-12,14H2,1H3. The molecule has 1 aliphatic carbocycles. The number of rotatable bonds is 6. The van der Waals surface area contributed by atoms with Crippen molar-refractivity contribution in [1.82, 2.24) is 24.2 Å². The van der Waals surface area contributed by atoms with Crippen LogP contribution in [-0.2, 0) is 20.0 Å². The Balaban J connectivity index is 1.28. The van der Waals surface area contributed by atoms with Crippen LogP contribution in [0.4, 0.5) is 0 Å². The van der Waals surface area contributed by atoms with E-state index >= 15 is 0 Å². The summed E-state index contributed by atoms with van der Waals surface area (Å²) >= 11 is 0. The molecule has 1 aliphatic heterocycles. The summed E-state index contributed by atoms with van der Waals surface area (Å²) in [7, 11) is 2.05. The Labute approximate surface area is 148 Å². The van der Waals surface area contributed by atoms with Crippen LogP contribution in [0.1, 0.15) is 43.1 Å². The lowest BCUT2D eigenvalue weighted by Gasteiger charge is -2.31. The highest BCUT2D eigenvalue weighted by Crippen LogP contribution is 2.38. The molecule has 1 saturated heterocycles. The van der Waals surface area contributed by atoms with Crippen molar-refractivity contribution in [3.8, 4) is 0 Å². The van der Waals surface area contributed by atoms with E-state index in [1.54, 1.807) is 10.7 Å². The number of hydrogen-bond donors (Lipinski definition) is 0. The summed E-state index contributed by atoms with van der Waals surface area (Å²) in [6, 6.07) is 3.61. The molecule has 2 fully saturated rings. The number of nitrogens with zero attached hydrogens (tertiary/aromatic N) is 5. The van der Waals surface area contributed by atoms with Crippen molar-refractivity contribution in [2.45, 2.75) is 44.6 Å². The predicted molar refractivity (Wildman–Crippen MR) is 96.5 cm³/mol. The zero-order valence-electron chi connectivity index (χ0n) is 15.0. The molecule has 0 atom stereocenters. The van der Waals surface area contributed by atoms with Crippen LogP contribution >= 0.6 is 0 Å². The maximum Gasteiger partial charge on any atom is 0.266 e. The van der Waals surface area contributed by atoms with Gasteiger partial charge in [0.15, 0.2) is 0 Å². The molecule has 2 aromatic rings. The Hall–Kier alpha value is -1.95. The maximum atomic E-state index is 12.1. The van der Waals surface area contributed by atoms with E-state index in [0.29, 0.717) is 11.8 Å². The minimum atomic E-state index is 0.0432. The molecule has 0 aromatic carbocycles. The second kappa shape index (κ2) is 7.12. The van der Waals surface area contributed by atoms with Crippen LogP contribution in [0.15, 0.2) is 29.3 Å². The van der Waals surface area contributed by atoms with Gasteiger partial charge in [-0.05, 0) is 50.8 Å². The van der Waals surface area contributed by atoms with E-state index in [1.165, 1.54) is 12.8 Å². The summed E-state index contributed by atoms with van der Waals surface area (Å²) in [4.78, 5) is 19.0. The second-order valence-electron chi connectivity index (χ2n) is 7.54. The monoisotopic (exact) mass is 341 g/mol. The summed E-state index contributed by atoms with van der Waals surface area (Å²) in [5, 5.41) is 4.61. The zero-order valence-corrected chi connectivity index (χ0v) is 15.0. The first-order valence-electron chi connectivity index (χ1n) is 9.45. The number of piperidine rings is 1. The van der Waals surface area contributed by atoms with E-state index in [2.05, 4.69) is 26.6 Å². The van der Waals surface area contributed by atoms with E-state index in [9.17, 15) is 4.79 Å². The molecule has 0 spiro atoms. The van der Waals surface area contributed by atoms with Crippen molar-refractivity contribution in [3.05, 3.63) is 46.4 Å². The van der Waals surface area contributed by atoms with E-state index in [-0.39, 0.29) is 5.56 Å². The Morgan fingerprint density at radius 1 is 1.16 bits per heavy atom. The minimum Gasteiger partial charge on any atom is -0.338 e. The number of hydrogen-bond acceptors (Lipinski definition) is 4. The van der Waals surface area contributed by atoms with Gasteiger partial charge in [-0.1, -0.05) is 0 Å². The normalized spacial score (nSPS) is 19.4. The van der Waals surface area contributed by atoms with Gasteiger partial charge in [-0.15, -0.1) is 0 Å². The molecule has 3 heterocycles. The number of aromatic nitrogens is 4. The van der Waals surface area contributed by atoms with E-state index in [0.717, 1.165) is 57.0 Å². The Kier molecular flexibility index (Phi) is 4.70. The molecule has 1 saturated carbocycles. The molecule has 2 aliphatic rings. The first kappa shape index (κ1) is 16.5. The van der Waals surface area contributed by atoms with Gasteiger partial charge < -0.3 is 9.47 Å². The third-order valence-electron chi connectivity index (χ3n) is 5.59. The van der Waals surface area contributed by atoms with Crippen molar-refractivity contribution < 1.29 is 0 Å². The average Bonchev–Trinajstić information content (AvgIpc) is 3.39. The van der Waals surface area contributed by atoms with Crippen molar-refractivity contribution in [2.75, 3.05) is 19.6 Å². The Morgan fingerprint density at radius 3 is 2.64 bits per heavy atom. The van der Waals surface area contributed by atoms with E-state index in [4.69, 9.17) is 0 Å². The molecule has 6 heteroatoms. The molecule has 0 N–H and O–H groups in total. The SMILES string of the molecule is Cn1ccnc1CCN1CCC(Cn2nc(C3CC3)ccc2=O)CC1. The third kappa shape index (κ3) is 4.00. The average molecular weight is 341 g/mol.